The molecule has 1 heterocycles. The SMILES string of the molecule is CCOCC1CCN(C(=NC)NCCOCCS(C)(=O)=O)C1. The standard InChI is InChI=1S/C14H29N3O4S/c1-4-20-12-13-5-7-17(11-13)14(15-2)16-6-8-21-9-10-22(3,18)19/h13H,4-12H2,1-3H3,(H,15,16). The number of aliphatic imine (C=N–C) groups is 1. The zero-order chi connectivity index (χ0) is 16.4. The summed E-state index contributed by atoms with van der Waals surface area (Å²) in [4.78, 5) is 6.50. The molecule has 8 heteroatoms. The minimum Gasteiger partial charge on any atom is -0.381 e. The number of hydrogen-bond donors (Lipinski definition) is 1. The number of likely N-dealkylation sites (tertiary alicyclic amines) is 1. The van der Waals surface area contributed by atoms with Crippen molar-refractivity contribution in [3.05, 3.63) is 0 Å². The largest absolute Gasteiger partial charge is 0.381 e. The van der Waals surface area contributed by atoms with E-state index in [2.05, 4.69) is 15.2 Å². The van der Waals surface area contributed by atoms with E-state index in [9.17, 15) is 8.42 Å². The van der Waals surface area contributed by atoms with Gasteiger partial charge in [0.1, 0.15) is 9.84 Å². The summed E-state index contributed by atoms with van der Waals surface area (Å²) in [5, 5.41) is 3.25. The number of ether oxygens (including phenoxy) is 2. The van der Waals surface area contributed by atoms with Crippen LogP contribution in [0, 0.1) is 5.92 Å². The summed E-state index contributed by atoms with van der Waals surface area (Å²) < 4.78 is 32.7. The van der Waals surface area contributed by atoms with Crippen LogP contribution < -0.4 is 5.32 Å². The molecule has 0 radical (unpaired) electrons. The molecule has 22 heavy (non-hydrogen) atoms. The number of rotatable bonds is 9. The monoisotopic (exact) mass is 335 g/mol. The first kappa shape index (κ1) is 19.2. The van der Waals surface area contributed by atoms with Gasteiger partial charge in [-0.15, -0.1) is 0 Å². The van der Waals surface area contributed by atoms with Crippen molar-refractivity contribution in [3.63, 3.8) is 0 Å². The fourth-order valence-corrected chi connectivity index (χ4v) is 2.75. The van der Waals surface area contributed by atoms with Crippen LogP contribution in [0.25, 0.3) is 0 Å². The van der Waals surface area contributed by atoms with Gasteiger partial charge in [0.2, 0.25) is 0 Å². The number of nitrogens with zero attached hydrogens (tertiary/aromatic N) is 2. The van der Waals surface area contributed by atoms with Crippen molar-refractivity contribution in [2.75, 3.05) is 65.1 Å². The number of guanidine groups is 1. The molecule has 0 aliphatic carbocycles. The van der Waals surface area contributed by atoms with Crippen molar-refractivity contribution in [3.8, 4) is 0 Å². The van der Waals surface area contributed by atoms with Gasteiger partial charge in [-0.05, 0) is 13.3 Å². The Bertz CT molecular complexity index is 439. The number of nitrogens with one attached hydrogen (secondary N) is 1. The molecule has 1 aliphatic heterocycles. The van der Waals surface area contributed by atoms with E-state index in [4.69, 9.17) is 9.47 Å². The molecule has 1 N–H and O–H groups in total. The molecule has 0 aromatic heterocycles. The summed E-state index contributed by atoms with van der Waals surface area (Å²) >= 11 is 0. The second-order valence-electron chi connectivity index (χ2n) is 5.48. The van der Waals surface area contributed by atoms with Crippen molar-refractivity contribution in [2.45, 2.75) is 13.3 Å². The molecule has 1 unspecified atom stereocenters. The molecule has 7 nitrogen and oxygen atoms in total. The molecule has 1 saturated heterocycles. The predicted octanol–water partition coefficient (Wildman–Crippen LogP) is -0.0186. The Balaban J connectivity index is 2.18. The third-order valence-corrected chi connectivity index (χ3v) is 4.39. The molecular formula is C14H29N3O4S. The van der Waals surface area contributed by atoms with Crippen molar-refractivity contribution < 1.29 is 17.9 Å². The lowest BCUT2D eigenvalue weighted by atomic mass is 10.1. The van der Waals surface area contributed by atoms with E-state index in [0.717, 1.165) is 38.7 Å². The lowest BCUT2D eigenvalue weighted by Gasteiger charge is -2.21. The van der Waals surface area contributed by atoms with E-state index in [1.807, 2.05) is 6.92 Å². The predicted molar refractivity (Wildman–Crippen MR) is 88.1 cm³/mol. The fraction of sp³-hybridized carbons (Fsp3) is 0.929. The van der Waals surface area contributed by atoms with Crippen molar-refractivity contribution in [2.24, 2.45) is 10.9 Å². The molecule has 0 saturated carbocycles. The van der Waals surface area contributed by atoms with Gasteiger partial charge in [-0.2, -0.15) is 0 Å². The Morgan fingerprint density at radius 2 is 2.14 bits per heavy atom. The molecule has 1 rings (SSSR count). The van der Waals surface area contributed by atoms with Gasteiger partial charge in [-0.1, -0.05) is 0 Å². The summed E-state index contributed by atoms with van der Waals surface area (Å²) in [6, 6.07) is 0. The van der Waals surface area contributed by atoms with E-state index in [-0.39, 0.29) is 12.4 Å². The van der Waals surface area contributed by atoms with Crippen LogP contribution in [0.5, 0.6) is 0 Å². The highest BCUT2D eigenvalue weighted by molar-refractivity contribution is 7.90. The number of hydrogen-bond acceptors (Lipinski definition) is 5. The van der Waals surface area contributed by atoms with E-state index < -0.39 is 9.84 Å². The summed E-state index contributed by atoms with van der Waals surface area (Å²) in [5.41, 5.74) is 0. The van der Waals surface area contributed by atoms with E-state index in [1.165, 1.54) is 6.26 Å². The molecule has 1 aliphatic rings. The summed E-state index contributed by atoms with van der Waals surface area (Å²) in [5.74, 6) is 1.49. The van der Waals surface area contributed by atoms with E-state index >= 15 is 0 Å². The van der Waals surface area contributed by atoms with Gasteiger partial charge < -0.3 is 19.7 Å². The molecule has 130 valence electrons. The first-order valence-electron chi connectivity index (χ1n) is 7.75. The Morgan fingerprint density at radius 3 is 2.77 bits per heavy atom. The second-order valence-corrected chi connectivity index (χ2v) is 7.74. The van der Waals surface area contributed by atoms with Gasteiger partial charge in [0.25, 0.3) is 0 Å². The summed E-state index contributed by atoms with van der Waals surface area (Å²) in [6.45, 7) is 6.82. The molecule has 1 atom stereocenters. The van der Waals surface area contributed by atoms with Gasteiger partial charge in [0.05, 0.1) is 25.6 Å². The minimum absolute atomic E-state index is 0.0625. The maximum atomic E-state index is 11.0. The number of sulfone groups is 1. The first-order valence-corrected chi connectivity index (χ1v) is 9.81. The van der Waals surface area contributed by atoms with Gasteiger partial charge in [-0.3, -0.25) is 4.99 Å². The Hall–Kier alpha value is -0.860. The van der Waals surface area contributed by atoms with Crippen molar-refractivity contribution >= 4 is 15.8 Å². The zero-order valence-electron chi connectivity index (χ0n) is 13.9. The van der Waals surface area contributed by atoms with Crippen LogP contribution in [0.15, 0.2) is 4.99 Å². The highest BCUT2D eigenvalue weighted by atomic mass is 32.2. The van der Waals surface area contributed by atoms with Crippen molar-refractivity contribution in [1.82, 2.24) is 10.2 Å². The first-order chi connectivity index (χ1) is 10.5. The fourth-order valence-electron chi connectivity index (χ4n) is 2.33. The minimum atomic E-state index is -2.95. The topological polar surface area (TPSA) is 80.2 Å². The summed E-state index contributed by atoms with van der Waals surface area (Å²) in [6.07, 6.45) is 2.33. The normalized spacial score (nSPS) is 19.7. The van der Waals surface area contributed by atoms with Crippen LogP contribution in [0.1, 0.15) is 13.3 Å². The average Bonchev–Trinajstić information content (AvgIpc) is 2.92. The van der Waals surface area contributed by atoms with Crippen LogP contribution >= 0.6 is 0 Å². The quantitative estimate of drug-likeness (QED) is 0.362. The van der Waals surface area contributed by atoms with Crippen LogP contribution in [0.2, 0.25) is 0 Å². The highest BCUT2D eigenvalue weighted by Gasteiger charge is 2.24. The van der Waals surface area contributed by atoms with Gasteiger partial charge in [0.15, 0.2) is 5.96 Å². The van der Waals surface area contributed by atoms with E-state index in [1.54, 1.807) is 7.05 Å². The molecule has 0 aromatic rings. The maximum Gasteiger partial charge on any atom is 0.193 e. The third-order valence-electron chi connectivity index (χ3n) is 3.48. The molecule has 0 amide bonds. The second kappa shape index (κ2) is 10.0. The molecular weight excluding hydrogens is 306 g/mol. The van der Waals surface area contributed by atoms with E-state index in [0.29, 0.717) is 19.1 Å². The molecule has 0 bridgehead atoms. The van der Waals surface area contributed by atoms with Crippen LogP contribution in [-0.4, -0.2) is 84.4 Å². The Morgan fingerprint density at radius 1 is 1.36 bits per heavy atom. The Kier molecular flexibility index (Phi) is 8.74. The average molecular weight is 335 g/mol. The molecule has 1 fully saturated rings. The van der Waals surface area contributed by atoms with Gasteiger partial charge >= 0.3 is 0 Å². The highest BCUT2D eigenvalue weighted by Crippen LogP contribution is 2.16. The van der Waals surface area contributed by atoms with Gasteiger partial charge in [-0.25, -0.2) is 8.42 Å². The van der Waals surface area contributed by atoms with Gasteiger partial charge in [0, 0.05) is 45.5 Å². The summed E-state index contributed by atoms with van der Waals surface area (Å²) in [7, 11) is -1.18. The van der Waals surface area contributed by atoms with Crippen LogP contribution in [-0.2, 0) is 19.3 Å². The Labute approximate surface area is 134 Å². The lowest BCUT2D eigenvalue weighted by molar-refractivity contribution is 0.114. The third kappa shape index (κ3) is 7.95. The molecule has 0 aromatic carbocycles. The lowest BCUT2D eigenvalue weighted by Crippen LogP contribution is -2.41. The smallest absolute Gasteiger partial charge is 0.193 e. The van der Waals surface area contributed by atoms with Crippen molar-refractivity contribution in [1.29, 1.82) is 0 Å². The zero-order valence-corrected chi connectivity index (χ0v) is 14.7. The maximum absolute atomic E-state index is 11.0. The van der Waals surface area contributed by atoms with Crippen LogP contribution in [0.4, 0.5) is 0 Å². The van der Waals surface area contributed by atoms with Crippen LogP contribution in [0.3, 0.4) is 0 Å². The molecule has 0 spiro atoms.